The monoisotopic (exact) mass is 400 g/mol. The van der Waals surface area contributed by atoms with Crippen LogP contribution in [0.1, 0.15) is 43.7 Å². The fourth-order valence-corrected chi connectivity index (χ4v) is 4.40. The van der Waals surface area contributed by atoms with Crippen molar-refractivity contribution >= 4 is 22.4 Å². The first kappa shape index (κ1) is 20.6. The Morgan fingerprint density at radius 2 is 1.70 bits per heavy atom. The lowest BCUT2D eigenvalue weighted by atomic mass is 9.95. The Morgan fingerprint density at radius 3 is 2.47 bits per heavy atom. The summed E-state index contributed by atoms with van der Waals surface area (Å²) in [6.07, 6.45) is 5.37. The minimum Gasteiger partial charge on any atom is -0.326 e. The van der Waals surface area contributed by atoms with E-state index >= 15 is 0 Å². The number of hydrogen-bond donors (Lipinski definition) is 1. The summed E-state index contributed by atoms with van der Waals surface area (Å²) in [5.41, 5.74) is 3.63. The van der Waals surface area contributed by atoms with Crippen LogP contribution in [-0.4, -0.2) is 23.9 Å². The van der Waals surface area contributed by atoms with E-state index < -0.39 is 0 Å². The molecule has 4 rings (SSSR count). The Hall–Kier alpha value is -2.65. The van der Waals surface area contributed by atoms with Gasteiger partial charge in [0.2, 0.25) is 5.91 Å². The van der Waals surface area contributed by atoms with Gasteiger partial charge in [-0.3, -0.25) is 9.69 Å². The third-order valence-corrected chi connectivity index (χ3v) is 6.27. The van der Waals surface area contributed by atoms with E-state index in [0.29, 0.717) is 0 Å². The number of carbonyl (C=O) groups is 1. The van der Waals surface area contributed by atoms with Crippen LogP contribution in [0.5, 0.6) is 0 Å². The number of anilines is 1. The van der Waals surface area contributed by atoms with Crippen molar-refractivity contribution in [2.45, 2.75) is 45.6 Å². The predicted molar refractivity (Wildman–Crippen MR) is 126 cm³/mol. The van der Waals surface area contributed by atoms with Crippen LogP contribution in [0, 0.1) is 5.92 Å². The fraction of sp³-hybridized carbons (Fsp3) is 0.370. The van der Waals surface area contributed by atoms with Crippen LogP contribution < -0.4 is 5.32 Å². The van der Waals surface area contributed by atoms with Gasteiger partial charge in [0.05, 0.1) is 0 Å². The molecular weight excluding hydrogens is 368 g/mol. The minimum atomic E-state index is 0.105. The third-order valence-electron chi connectivity index (χ3n) is 6.27. The summed E-state index contributed by atoms with van der Waals surface area (Å²) in [6, 6.07) is 23.5. The van der Waals surface area contributed by atoms with Crippen molar-refractivity contribution in [2.75, 3.05) is 18.4 Å². The molecule has 0 atom stereocenters. The van der Waals surface area contributed by atoms with Gasteiger partial charge in [-0.1, -0.05) is 67.9 Å². The fourth-order valence-electron chi connectivity index (χ4n) is 4.40. The predicted octanol–water partition coefficient (Wildman–Crippen LogP) is 6.03. The van der Waals surface area contributed by atoms with Gasteiger partial charge in [-0.15, -0.1) is 0 Å². The Kier molecular flexibility index (Phi) is 6.81. The Morgan fingerprint density at radius 1 is 0.967 bits per heavy atom. The number of fused-ring (bicyclic) bond motifs is 1. The van der Waals surface area contributed by atoms with Gasteiger partial charge in [0.1, 0.15) is 0 Å². The molecule has 0 bridgehead atoms. The Balaban J connectivity index is 1.29. The molecule has 3 heteroatoms. The van der Waals surface area contributed by atoms with Crippen LogP contribution >= 0.6 is 0 Å². The highest BCUT2D eigenvalue weighted by atomic mass is 16.1. The molecule has 3 aromatic rings. The van der Waals surface area contributed by atoms with E-state index in [0.717, 1.165) is 44.6 Å². The van der Waals surface area contributed by atoms with E-state index in [-0.39, 0.29) is 11.8 Å². The van der Waals surface area contributed by atoms with Gasteiger partial charge in [-0.2, -0.15) is 0 Å². The topological polar surface area (TPSA) is 32.3 Å². The highest BCUT2D eigenvalue weighted by Gasteiger charge is 2.25. The molecule has 0 aliphatic carbocycles. The van der Waals surface area contributed by atoms with Crippen molar-refractivity contribution in [1.82, 2.24) is 4.90 Å². The van der Waals surface area contributed by atoms with Gasteiger partial charge in [0.25, 0.3) is 0 Å². The number of carbonyl (C=O) groups excluding carboxylic acids is 1. The van der Waals surface area contributed by atoms with Crippen LogP contribution in [0.4, 0.5) is 5.69 Å². The second-order valence-corrected chi connectivity index (χ2v) is 8.48. The molecule has 0 radical (unpaired) electrons. The molecule has 1 heterocycles. The quantitative estimate of drug-likeness (QED) is 0.525. The molecule has 0 saturated carbocycles. The summed E-state index contributed by atoms with van der Waals surface area (Å²) in [4.78, 5) is 15.2. The summed E-state index contributed by atoms with van der Waals surface area (Å²) < 4.78 is 0. The molecular formula is C27H32N2O. The number of piperidine rings is 1. The van der Waals surface area contributed by atoms with E-state index in [2.05, 4.69) is 71.7 Å². The molecule has 1 aliphatic heterocycles. The zero-order chi connectivity index (χ0) is 20.8. The molecule has 156 valence electrons. The molecule has 1 fully saturated rings. The van der Waals surface area contributed by atoms with E-state index in [4.69, 9.17) is 0 Å². The molecule has 1 saturated heterocycles. The van der Waals surface area contributed by atoms with E-state index in [1.165, 1.54) is 34.7 Å². The maximum atomic E-state index is 12.7. The van der Waals surface area contributed by atoms with E-state index in [9.17, 15) is 4.79 Å². The maximum absolute atomic E-state index is 12.7. The van der Waals surface area contributed by atoms with Gasteiger partial charge < -0.3 is 5.32 Å². The van der Waals surface area contributed by atoms with Gasteiger partial charge in [-0.05, 0) is 72.8 Å². The zero-order valence-electron chi connectivity index (χ0n) is 17.9. The molecule has 0 spiro atoms. The SMILES string of the molecule is CCCCc1ccc(NC(=O)C2CCN(Cc3cccc4ccccc34)CC2)cc1. The van der Waals surface area contributed by atoms with Crippen LogP contribution in [0.3, 0.4) is 0 Å². The largest absolute Gasteiger partial charge is 0.326 e. The maximum Gasteiger partial charge on any atom is 0.227 e. The first-order valence-corrected chi connectivity index (χ1v) is 11.3. The molecule has 3 aromatic carbocycles. The highest BCUT2D eigenvalue weighted by Crippen LogP contribution is 2.24. The summed E-state index contributed by atoms with van der Waals surface area (Å²) in [5.74, 6) is 0.273. The van der Waals surface area contributed by atoms with Gasteiger partial charge >= 0.3 is 0 Å². The highest BCUT2D eigenvalue weighted by molar-refractivity contribution is 5.92. The van der Waals surface area contributed by atoms with Crippen molar-refractivity contribution in [3.63, 3.8) is 0 Å². The second kappa shape index (κ2) is 9.90. The molecule has 0 unspecified atom stereocenters. The molecule has 30 heavy (non-hydrogen) atoms. The van der Waals surface area contributed by atoms with Crippen molar-refractivity contribution in [2.24, 2.45) is 5.92 Å². The minimum absolute atomic E-state index is 0.105. The number of rotatable bonds is 7. The normalized spacial score (nSPS) is 15.4. The Bertz CT molecular complexity index is 966. The van der Waals surface area contributed by atoms with Crippen LogP contribution in [-0.2, 0) is 17.8 Å². The van der Waals surface area contributed by atoms with Crippen LogP contribution in [0.15, 0.2) is 66.7 Å². The lowest BCUT2D eigenvalue weighted by molar-refractivity contribution is -0.121. The van der Waals surface area contributed by atoms with E-state index in [1.807, 2.05) is 12.1 Å². The number of benzene rings is 3. The molecule has 1 amide bonds. The number of hydrogen-bond acceptors (Lipinski definition) is 2. The third kappa shape index (κ3) is 5.09. The van der Waals surface area contributed by atoms with Gasteiger partial charge in [0.15, 0.2) is 0 Å². The average Bonchev–Trinajstić information content (AvgIpc) is 2.79. The standard InChI is InChI=1S/C27H32N2O/c1-2-3-7-21-12-14-25(15-13-21)28-27(30)23-16-18-29(19-17-23)20-24-10-6-9-22-8-4-5-11-26(22)24/h4-6,8-15,23H,2-3,7,16-20H2,1H3,(H,28,30). The van der Waals surface area contributed by atoms with Crippen molar-refractivity contribution in [1.29, 1.82) is 0 Å². The van der Waals surface area contributed by atoms with Gasteiger partial charge in [0, 0.05) is 18.2 Å². The average molecular weight is 401 g/mol. The Labute approximate surface area is 180 Å². The lowest BCUT2D eigenvalue weighted by Crippen LogP contribution is -2.37. The lowest BCUT2D eigenvalue weighted by Gasteiger charge is -2.31. The van der Waals surface area contributed by atoms with Gasteiger partial charge in [-0.25, -0.2) is 0 Å². The summed E-state index contributed by atoms with van der Waals surface area (Å²) in [7, 11) is 0. The summed E-state index contributed by atoms with van der Waals surface area (Å²) in [6.45, 7) is 5.10. The number of nitrogens with one attached hydrogen (secondary N) is 1. The first-order chi connectivity index (χ1) is 14.7. The number of unbranched alkanes of at least 4 members (excludes halogenated alkanes) is 1. The number of amides is 1. The van der Waals surface area contributed by atoms with Crippen molar-refractivity contribution < 1.29 is 4.79 Å². The first-order valence-electron chi connectivity index (χ1n) is 11.3. The van der Waals surface area contributed by atoms with Crippen molar-refractivity contribution in [3.8, 4) is 0 Å². The van der Waals surface area contributed by atoms with E-state index in [1.54, 1.807) is 0 Å². The smallest absolute Gasteiger partial charge is 0.227 e. The van der Waals surface area contributed by atoms with Crippen molar-refractivity contribution in [3.05, 3.63) is 77.9 Å². The van der Waals surface area contributed by atoms with Crippen LogP contribution in [0.2, 0.25) is 0 Å². The molecule has 0 aromatic heterocycles. The number of nitrogens with zero attached hydrogens (tertiary/aromatic N) is 1. The molecule has 1 aliphatic rings. The molecule has 3 nitrogen and oxygen atoms in total. The number of likely N-dealkylation sites (tertiary alicyclic amines) is 1. The van der Waals surface area contributed by atoms with Crippen LogP contribution in [0.25, 0.3) is 10.8 Å². The second-order valence-electron chi connectivity index (χ2n) is 8.48. The molecule has 1 N–H and O–H groups in total. The zero-order valence-corrected chi connectivity index (χ0v) is 17.9. The summed E-state index contributed by atoms with van der Waals surface area (Å²) >= 11 is 0. The number of aryl methyl sites for hydroxylation is 1. The summed E-state index contributed by atoms with van der Waals surface area (Å²) in [5, 5.41) is 5.76.